The lowest BCUT2D eigenvalue weighted by molar-refractivity contribution is -0.117. The highest BCUT2D eigenvalue weighted by molar-refractivity contribution is 7.93. The third kappa shape index (κ3) is 5.97. The van der Waals surface area contributed by atoms with Gasteiger partial charge < -0.3 is 14.4 Å². The smallest absolute Gasteiger partial charge is 0.261 e. The van der Waals surface area contributed by atoms with Crippen molar-refractivity contribution >= 4 is 43.0 Å². The van der Waals surface area contributed by atoms with E-state index in [9.17, 15) is 21.6 Å². The minimum absolute atomic E-state index is 0.0383. The maximum atomic E-state index is 13.1. The number of hydrogen-bond donors (Lipinski definition) is 2. The average Bonchev–Trinajstić information content (AvgIpc) is 3.30. The van der Waals surface area contributed by atoms with E-state index in [0.29, 0.717) is 48.9 Å². The number of amides is 1. The van der Waals surface area contributed by atoms with Crippen LogP contribution in [0.3, 0.4) is 0 Å². The fourth-order valence-electron chi connectivity index (χ4n) is 3.87. The number of nitrogens with one attached hydrogen (secondary N) is 2. The van der Waals surface area contributed by atoms with Crippen LogP contribution in [0.1, 0.15) is 19.8 Å². The molecule has 12 heteroatoms. The van der Waals surface area contributed by atoms with Gasteiger partial charge in [0.2, 0.25) is 5.91 Å². The second-order valence-electron chi connectivity index (χ2n) is 8.18. The van der Waals surface area contributed by atoms with Gasteiger partial charge in [0.1, 0.15) is 11.5 Å². The minimum atomic E-state index is -4.03. The number of hydrogen-bond acceptors (Lipinski definition) is 7. The van der Waals surface area contributed by atoms with Gasteiger partial charge in [-0.2, -0.15) is 0 Å². The Morgan fingerprint density at radius 1 is 0.838 bits per heavy atom. The van der Waals surface area contributed by atoms with Crippen LogP contribution in [0.5, 0.6) is 11.5 Å². The number of ether oxygens (including phenoxy) is 2. The zero-order chi connectivity index (χ0) is 26.6. The Morgan fingerprint density at radius 3 is 1.95 bits per heavy atom. The second-order valence-corrected chi connectivity index (χ2v) is 11.5. The van der Waals surface area contributed by atoms with Gasteiger partial charge in [-0.15, -0.1) is 0 Å². The number of nitrogens with zero attached hydrogens (tertiary/aromatic N) is 1. The van der Waals surface area contributed by atoms with Crippen molar-refractivity contribution in [3.05, 3.63) is 66.7 Å². The Morgan fingerprint density at radius 2 is 1.41 bits per heavy atom. The third-order valence-electron chi connectivity index (χ3n) is 5.66. The molecule has 4 rings (SSSR count). The molecule has 0 radical (unpaired) electrons. The molecule has 0 saturated carbocycles. The molecule has 1 aliphatic heterocycles. The summed E-state index contributed by atoms with van der Waals surface area (Å²) in [6.45, 7) is 2.83. The van der Waals surface area contributed by atoms with Gasteiger partial charge in [-0.25, -0.2) is 16.8 Å². The number of carbonyl (C=O) groups excluding carboxylic acids is 1. The Kier molecular flexibility index (Phi) is 7.60. The van der Waals surface area contributed by atoms with E-state index in [1.54, 1.807) is 24.3 Å². The number of anilines is 3. The summed E-state index contributed by atoms with van der Waals surface area (Å²) < 4.78 is 67.2. The molecule has 0 aromatic heterocycles. The summed E-state index contributed by atoms with van der Waals surface area (Å²) in [6.07, 6.45) is 1.07. The normalized spacial score (nSPS) is 13.9. The lowest BCUT2D eigenvalue weighted by atomic mass is 10.2. The summed E-state index contributed by atoms with van der Waals surface area (Å²) in [5.74, 6) is 0.915. The van der Waals surface area contributed by atoms with Gasteiger partial charge in [0.05, 0.1) is 29.2 Å². The maximum absolute atomic E-state index is 13.1. The summed E-state index contributed by atoms with van der Waals surface area (Å²) in [7, 11) is -6.48. The largest absolute Gasteiger partial charge is 0.495 e. The van der Waals surface area contributed by atoms with E-state index in [1.807, 2.05) is 6.92 Å². The van der Waals surface area contributed by atoms with Crippen molar-refractivity contribution in [3.63, 3.8) is 0 Å². The first-order chi connectivity index (χ1) is 17.6. The number of methoxy groups -OCH3 is 1. The van der Waals surface area contributed by atoms with Gasteiger partial charge in [0, 0.05) is 24.3 Å². The van der Waals surface area contributed by atoms with Crippen LogP contribution in [0.15, 0.2) is 76.5 Å². The zero-order valence-electron chi connectivity index (χ0n) is 20.3. The predicted molar refractivity (Wildman–Crippen MR) is 140 cm³/mol. The van der Waals surface area contributed by atoms with Gasteiger partial charge in [-0.05, 0) is 80.1 Å². The number of rotatable bonds is 10. The van der Waals surface area contributed by atoms with E-state index in [-0.39, 0.29) is 21.4 Å². The van der Waals surface area contributed by atoms with Crippen molar-refractivity contribution in [1.29, 1.82) is 0 Å². The molecule has 3 aromatic carbocycles. The molecule has 1 heterocycles. The molecule has 1 amide bonds. The highest BCUT2D eigenvalue weighted by atomic mass is 32.2. The van der Waals surface area contributed by atoms with Gasteiger partial charge in [0.25, 0.3) is 20.0 Å². The molecule has 1 fully saturated rings. The summed E-state index contributed by atoms with van der Waals surface area (Å²) >= 11 is 0. The molecule has 37 heavy (non-hydrogen) atoms. The highest BCUT2D eigenvalue weighted by Gasteiger charge is 2.27. The Labute approximate surface area is 216 Å². The van der Waals surface area contributed by atoms with Crippen LogP contribution in [0.25, 0.3) is 0 Å². The molecule has 1 saturated heterocycles. The first kappa shape index (κ1) is 26.3. The van der Waals surface area contributed by atoms with Crippen molar-refractivity contribution in [1.82, 2.24) is 0 Å². The molecule has 1 aliphatic rings. The molecule has 0 aliphatic carbocycles. The number of benzene rings is 3. The summed E-state index contributed by atoms with van der Waals surface area (Å²) in [6, 6.07) is 16.1. The SMILES string of the molecule is CCOc1ccc(NS(=O)(=O)c2ccc(NS(=O)(=O)c3ccc(OC)c(N4CCCC4=O)c3)cc2)cc1. The van der Waals surface area contributed by atoms with Crippen molar-refractivity contribution in [3.8, 4) is 11.5 Å². The minimum Gasteiger partial charge on any atom is -0.495 e. The van der Waals surface area contributed by atoms with Crippen molar-refractivity contribution in [2.24, 2.45) is 0 Å². The van der Waals surface area contributed by atoms with Crippen LogP contribution in [0.4, 0.5) is 17.1 Å². The second kappa shape index (κ2) is 10.7. The van der Waals surface area contributed by atoms with Gasteiger partial charge in [0.15, 0.2) is 0 Å². The van der Waals surface area contributed by atoms with E-state index in [0.717, 1.165) is 0 Å². The molecule has 3 aromatic rings. The summed E-state index contributed by atoms with van der Waals surface area (Å²) in [5, 5.41) is 0. The van der Waals surface area contributed by atoms with E-state index >= 15 is 0 Å². The lowest BCUT2D eigenvalue weighted by Crippen LogP contribution is -2.25. The Balaban J connectivity index is 1.50. The molecule has 196 valence electrons. The van der Waals surface area contributed by atoms with Gasteiger partial charge in [-0.3, -0.25) is 14.2 Å². The van der Waals surface area contributed by atoms with Crippen LogP contribution in [-0.4, -0.2) is 43.0 Å². The van der Waals surface area contributed by atoms with Crippen molar-refractivity contribution in [2.75, 3.05) is 34.6 Å². The van der Waals surface area contributed by atoms with Crippen molar-refractivity contribution < 1.29 is 31.1 Å². The first-order valence-electron chi connectivity index (χ1n) is 11.5. The molecule has 0 spiro atoms. The monoisotopic (exact) mass is 545 g/mol. The van der Waals surface area contributed by atoms with E-state index < -0.39 is 20.0 Å². The van der Waals surface area contributed by atoms with Crippen LogP contribution < -0.4 is 23.8 Å². The molecule has 0 unspecified atom stereocenters. The third-order valence-corrected chi connectivity index (χ3v) is 8.44. The number of sulfonamides is 2. The molecule has 10 nitrogen and oxygen atoms in total. The van der Waals surface area contributed by atoms with Gasteiger partial charge >= 0.3 is 0 Å². The fourth-order valence-corrected chi connectivity index (χ4v) is 6.00. The summed E-state index contributed by atoms with van der Waals surface area (Å²) in [5.41, 5.74) is 0.921. The lowest BCUT2D eigenvalue weighted by Gasteiger charge is -2.20. The van der Waals surface area contributed by atoms with Crippen LogP contribution in [0.2, 0.25) is 0 Å². The van der Waals surface area contributed by atoms with E-state index in [2.05, 4.69) is 9.44 Å². The summed E-state index contributed by atoms with van der Waals surface area (Å²) in [4.78, 5) is 13.6. The highest BCUT2D eigenvalue weighted by Crippen LogP contribution is 2.34. The fraction of sp³-hybridized carbons (Fsp3) is 0.240. The van der Waals surface area contributed by atoms with E-state index in [4.69, 9.17) is 9.47 Å². The van der Waals surface area contributed by atoms with Crippen LogP contribution in [-0.2, 0) is 24.8 Å². The molecular formula is C25H27N3O7S2. The van der Waals surface area contributed by atoms with Crippen LogP contribution >= 0.6 is 0 Å². The maximum Gasteiger partial charge on any atom is 0.261 e. The zero-order valence-corrected chi connectivity index (χ0v) is 21.9. The quantitative estimate of drug-likeness (QED) is 0.396. The number of carbonyl (C=O) groups is 1. The molecule has 0 bridgehead atoms. The average molecular weight is 546 g/mol. The Bertz CT molecular complexity index is 1490. The molecule has 2 N–H and O–H groups in total. The predicted octanol–water partition coefficient (Wildman–Crippen LogP) is 3.82. The first-order valence-corrected chi connectivity index (χ1v) is 14.5. The Hall–Kier alpha value is -3.77. The van der Waals surface area contributed by atoms with Crippen LogP contribution in [0, 0.1) is 0 Å². The molecule has 0 atom stereocenters. The standard InChI is InChI=1S/C25H27N3O7S2/c1-3-35-20-10-6-18(7-11-20)26-36(30,31)21-12-8-19(9-13-21)27-37(32,33)22-14-15-24(34-2)23(17-22)28-16-4-5-25(28)29/h6-15,17,26-27H,3-5,16H2,1-2H3. The van der Waals surface area contributed by atoms with Crippen molar-refractivity contribution in [2.45, 2.75) is 29.6 Å². The topological polar surface area (TPSA) is 131 Å². The molecular weight excluding hydrogens is 518 g/mol. The van der Waals surface area contributed by atoms with Gasteiger partial charge in [-0.1, -0.05) is 0 Å². The van der Waals surface area contributed by atoms with E-state index in [1.165, 1.54) is 54.5 Å².